The first-order valence-corrected chi connectivity index (χ1v) is 13.0. The summed E-state index contributed by atoms with van der Waals surface area (Å²) in [6.07, 6.45) is 1.11. The Morgan fingerprint density at radius 3 is 2.48 bits per heavy atom. The number of carbonyl (C=O) groups is 3. The second kappa shape index (κ2) is 9.67. The van der Waals surface area contributed by atoms with E-state index in [9.17, 15) is 39.2 Å². The molecule has 2 aromatic carbocycles. The van der Waals surface area contributed by atoms with Crippen molar-refractivity contribution in [1.29, 1.82) is 0 Å². The standard InChI is InChI=1S/C29H30F2N2O7/c1-33(2)22-17-11-13-10-16-19(23(34)15-9-12(5-3-4-8-30)6-7-14(15)21(16)31)24(35)18(13)26(37)29(17,40)27(38)20(25(22)36)28(32)39/h6-7,9,13,17,22,34-35,38,40H,3-5,8,10-11H2,1-2H3,(H2,32,39)/t13-,17-,22-,29-/m0/s1. The highest BCUT2D eigenvalue weighted by atomic mass is 19.1. The number of ketones is 2. The van der Waals surface area contributed by atoms with Crippen LogP contribution in [0.15, 0.2) is 35.1 Å². The van der Waals surface area contributed by atoms with Crippen LogP contribution in [-0.4, -0.2) is 75.2 Å². The predicted molar refractivity (Wildman–Crippen MR) is 141 cm³/mol. The lowest BCUT2D eigenvalue weighted by Crippen LogP contribution is -2.65. The number of phenolic OH excluding ortho intramolecular Hbond substituents is 1. The average molecular weight is 557 g/mol. The zero-order chi connectivity index (χ0) is 29.3. The van der Waals surface area contributed by atoms with Gasteiger partial charge in [0.05, 0.1) is 18.3 Å². The van der Waals surface area contributed by atoms with Gasteiger partial charge in [-0.3, -0.25) is 23.7 Å². The number of benzene rings is 2. The Morgan fingerprint density at radius 1 is 1.15 bits per heavy atom. The smallest absolute Gasteiger partial charge is 0.255 e. The van der Waals surface area contributed by atoms with Crippen LogP contribution in [0.3, 0.4) is 0 Å². The first kappa shape index (κ1) is 27.7. The molecular formula is C29H30F2N2O7. The zero-order valence-electron chi connectivity index (χ0n) is 22.0. The lowest BCUT2D eigenvalue weighted by molar-refractivity contribution is -0.153. The average Bonchev–Trinajstić information content (AvgIpc) is 2.89. The molecule has 0 aromatic heterocycles. The number of nitrogens with two attached hydrogens (primary N) is 1. The number of hydrogen-bond acceptors (Lipinski definition) is 8. The number of likely N-dealkylation sites (N-methyl/N-ethyl adjacent to an activating group) is 1. The van der Waals surface area contributed by atoms with Crippen LogP contribution in [0.4, 0.5) is 8.78 Å². The summed E-state index contributed by atoms with van der Waals surface area (Å²) >= 11 is 0. The topological polar surface area (TPSA) is 161 Å². The first-order chi connectivity index (χ1) is 18.9. The third kappa shape index (κ3) is 3.75. The van der Waals surface area contributed by atoms with Crippen molar-refractivity contribution in [2.24, 2.45) is 17.6 Å². The SMILES string of the molecule is CN(C)[C@@H]1C(=O)C(C(N)=O)=C(O)[C@@]2(O)C(=O)C3=C(O)c4c(c(F)c5ccc(CCCCF)cc5c4O)C[C@H]3C[C@@H]12. The second-order valence-corrected chi connectivity index (χ2v) is 11.0. The molecular weight excluding hydrogens is 526 g/mol. The van der Waals surface area contributed by atoms with Crippen LogP contribution in [0.5, 0.6) is 5.75 Å². The van der Waals surface area contributed by atoms with Crippen LogP contribution in [0.25, 0.3) is 16.5 Å². The summed E-state index contributed by atoms with van der Waals surface area (Å²) in [4.78, 5) is 40.5. The fraction of sp³-hybridized carbons (Fsp3) is 0.414. The lowest BCUT2D eigenvalue weighted by Gasteiger charge is -2.50. The number of unbranched alkanes of at least 4 members (excludes halogenated alkanes) is 1. The van der Waals surface area contributed by atoms with Crippen LogP contribution >= 0.6 is 0 Å². The monoisotopic (exact) mass is 556 g/mol. The van der Waals surface area contributed by atoms with Gasteiger partial charge >= 0.3 is 0 Å². The van der Waals surface area contributed by atoms with Gasteiger partial charge < -0.3 is 26.2 Å². The third-order valence-electron chi connectivity index (χ3n) is 8.54. The van der Waals surface area contributed by atoms with Crippen molar-refractivity contribution in [1.82, 2.24) is 4.90 Å². The van der Waals surface area contributed by atoms with E-state index in [0.717, 1.165) is 5.56 Å². The van der Waals surface area contributed by atoms with Crippen molar-refractivity contribution in [3.8, 4) is 5.75 Å². The molecule has 3 aliphatic rings. The molecule has 1 fully saturated rings. The number of carbonyl (C=O) groups excluding carboxylic acids is 3. The van der Waals surface area contributed by atoms with Gasteiger partial charge in [-0.2, -0.15) is 0 Å². The molecule has 0 spiro atoms. The first-order valence-electron chi connectivity index (χ1n) is 13.0. The Kier molecular flexibility index (Phi) is 6.70. The maximum absolute atomic E-state index is 15.9. The number of amides is 1. The number of fused-ring (bicyclic) bond motifs is 4. The van der Waals surface area contributed by atoms with Crippen molar-refractivity contribution in [2.75, 3.05) is 20.8 Å². The number of primary amides is 1. The van der Waals surface area contributed by atoms with Gasteiger partial charge in [-0.05, 0) is 63.7 Å². The molecule has 0 bridgehead atoms. The van der Waals surface area contributed by atoms with Crippen molar-refractivity contribution >= 4 is 34.0 Å². The van der Waals surface area contributed by atoms with Gasteiger partial charge in [-0.15, -0.1) is 0 Å². The van der Waals surface area contributed by atoms with Crippen LogP contribution < -0.4 is 5.73 Å². The Hall–Kier alpha value is -3.83. The summed E-state index contributed by atoms with van der Waals surface area (Å²) < 4.78 is 28.4. The van der Waals surface area contributed by atoms with E-state index in [4.69, 9.17) is 5.73 Å². The summed E-state index contributed by atoms with van der Waals surface area (Å²) in [7, 11) is 3.01. The highest BCUT2D eigenvalue weighted by Crippen LogP contribution is 2.53. The third-order valence-corrected chi connectivity index (χ3v) is 8.54. The summed E-state index contributed by atoms with van der Waals surface area (Å²) in [5, 5.41) is 45.3. The van der Waals surface area contributed by atoms with Crippen molar-refractivity contribution in [3.63, 3.8) is 0 Å². The molecule has 0 aliphatic heterocycles. The van der Waals surface area contributed by atoms with Crippen LogP contribution in [0, 0.1) is 17.7 Å². The van der Waals surface area contributed by atoms with E-state index in [1.807, 2.05) is 0 Å². The van der Waals surface area contributed by atoms with E-state index in [2.05, 4.69) is 0 Å². The van der Waals surface area contributed by atoms with E-state index in [1.165, 1.54) is 25.1 Å². The van der Waals surface area contributed by atoms with E-state index >= 15 is 4.39 Å². The molecule has 1 amide bonds. The van der Waals surface area contributed by atoms with E-state index in [0.29, 0.717) is 19.3 Å². The van der Waals surface area contributed by atoms with Gasteiger partial charge in [0.25, 0.3) is 5.91 Å². The largest absolute Gasteiger partial charge is 0.508 e. The Morgan fingerprint density at radius 2 is 1.85 bits per heavy atom. The second-order valence-electron chi connectivity index (χ2n) is 11.0. The molecule has 0 heterocycles. The van der Waals surface area contributed by atoms with Gasteiger partial charge in [0.15, 0.2) is 11.4 Å². The number of aliphatic hydroxyl groups is 3. The summed E-state index contributed by atoms with van der Waals surface area (Å²) in [6.45, 7) is -0.472. The normalized spacial score (nSPS) is 26.3. The number of nitrogens with zero attached hydrogens (tertiary/aromatic N) is 1. The molecule has 5 rings (SSSR count). The highest BCUT2D eigenvalue weighted by molar-refractivity contribution is 6.24. The fourth-order valence-corrected chi connectivity index (χ4v) is 6.69. The summed E-state index contributed by atoms with van der Waals surface area (Å²) in [5.74, 6) is -8.55. The number of aliphatic hydroxyl groups excluding tert-OH is 2. The number of Topliss-reactive ketones (excluding diaryl/α,β-unsaturated/α-hetero) is 2. The van der Waals surface area contributed by atoms with Crippen molar-refractivity contribution < 1.29 is 43.6 Å². The van der Waals surface area contributed by atoms with Gasteiger partial charge in [0.2, 0.25) is 5.78 Å². The van der Waals surface area contributed by atoms with Crippen LogP contribution in [0.1, 0.15) is 36.0 Å². The maximum Gasteiger partial charge on any atom is 0.255 e. The van der Waals surface area contributed by atoms with Gasteiger partial charge in [0.1, 0.15) is 28.7 Å². The molecule has 0 radical (unpaired) electrons. The number of alkyl halides is 1. The number of phenols is 1. The summed E-state index contributed by atoms with van der Waals surface area (Å²) in [5.41, 5.74) is 1.70. The maximum atomic E-state index is 15.9. The summed E-state index contributed by atoms with van der Waals surface area (Å²) in [6, 6.07) is 3.52. The Labute approximate surface area is 228 Å². The lowest BCUT2D eigenvalue weighted by atomic mass is 9.57. The van der Waals surface area contributed by atoms with E-state index in [1.54, 1.807) is 12.1 Å². The number of rotatable bonds is 6. The predicted octanol–water partition coefficient (Wildman–Crippen LogP) is 2.55. The van der Waals surface area contributed by atoms with Gasteiger partial charge in [0, 0.05) is 27.8 Å². The molecule has 212 valence electrons. The van der Waals surface area contributed by atoms with Crippen molar-refractivity contribution in [3.05, 3.63) is 57.6 Å². The zero-order valence-corrected chi connectivity index (χ0v) is 22.0. The number of halogens is 2. The number of hydrogen-bond donors (Lipinski definition) is 5. The Balaban J connectivity index is 1.71. The van der Waals surface area contributed by atoms with Crippen molar-refractivity contribution in [2.45, 2.75) is 43.7 Å². The molecule has 6 N–H and O–H groups in total. The number of aromatic hydroxyl groups is 1. The minimum absolute atomic E-state index is 0.0270. The minimum Gasteiger partial charge on any atom is -0.508 e. The molecule has 3 aliphatic carbocycles. The quantitative estimate of drug-likeness (QED) is 0.268. The Bertz CT molecular complexity index is 1550. The number of aryl methyl sites for hydroxylation is 1. The molecule has 4 atom stereocenters. The minimum atomic E-state index is -2.76. The van der Waals surface area contributed by atoms with Gasteiger partial charge in [-0.25, -0.2) is 4.39 Å². The molecule has 9 nitrogen and oxygen atoms in total. The fourth-order valence-electron chi connectivity index (χ4n) is 6.69. The molecule has 1 saturated carbocycles. The van der Waals surface area contributed by atoms with E-state index in [-0.39, 0.29) is 40.3 Å². The highest BCUT2D eigenvalue weighted by Gasteiger charge is 2.64. The molecule has 0 unspecified atom stereocenters. The molecule has 0 saturated heterocycles. The molecule has 40 heavy (non-hydrogen) atoms. The van der Waals surface area contributed by atoms with Crippen LogP contribution in [-0.2, 0) is 27.2 Å². The molecule has 2 aromatic rings. The van der Waals surface area contributed by atoms with Gasteiger partial charge in [-0.1, -0.05) is 12.1 Å². The van der Waals surface area contributed by atoms with E-state index < -0.39 is 76.3 Å². The van der Waals surface area contributed by atoms with Crippen LogP contribution in [0.2, 0.25) is 0 Å². The molecule has 11 heteroatoms.